The molecule has 1 atom stereocenters. The molecule has 0 aromatic heterocycles. The summed E-state index contributed by atoms with van der Waals surface area (Å²) in [5.41, 5.74) is 0.847. The normalized spacial score (nSPS) is 19.9. The third kappa shape index (κ3) is 1.90. The number of hydrogen-bond donors (Lipinski definition) is 0. The molecule has 0 radical (unpaired) electrons. The van der Waals surface area contributed by atoms with Gasteiger partial charge in [0.05, 0.1) is 6.21 Å². The van der Waals surface area contributed by atoms with Crippen LogP contribution < -0.4 is 0 Å². The largest absolute Gasteiger partial charge is 0.319 e. The van der Waals surface area contributed by atoms with Crippen LogP contribution in [0.3, 0.4) is 0 Å². The predicted octanol–water partition coefficient (Wildman–Crippen LogP) is 0.508. The van der Waals surface area contributed by atoms with Crippen LogP contribution in [0.2, 0.25) is 0 Å². The molecular formula is C10H9N3O3. The molecule has 16 heavy (non-hydrogen) atoms. The van der Waals surface area contributed by atoms with Crippen molar-refractivity contribution in [1.29, 1.82) is 0 Å². The molecule has 0 spiro atoms. The van der Waals surface area contributed by atoms with E-state index < -0.39 is 16.9 Å². The Morgan fingerprint density at radius 3 is 2.69 bits per heavy atom. The highest BCUT2D eigenvalue weighted by Crippen LogP contribution is 2.13. The van der Waals surface area contributed by atoms with Gasteiger partial charge in [-0.15, -0.1) is 0 Å². The number of rotatable bonds is 3. The number of carbonyl (C=O) groups is 1. The van der Waals surface area contributed by atoms with Crippen molar-refractivity contribution in [2.24, 2.45) is 5.10 Å². The van der Waals surface area contributed by atoms with E-state index in [-0.39, 0.29) is 6.54 Å². The van der Waals surface area contributed by atoms with Gasteiger partial charge in [-0.1, -0.05) is 30.3 Å². The highest BCUT2D eigenvalue weighted by molar-refractivity contribution is 5.88. The van der Waals surface area contributed by atoms with Crippen LogP contribution in [-0.2, 0) is 4.79 Å². The third-order valence-electron chi connectivity index (χ3n) is 2.29. The van der Waals surface area contributed by atoms with Crippen LogP contribution in [-0.4, -0.2) is 34.6 Å². The Morgan fingerprint density at radius 1 is 1.44 bits per heavy atom. The standard InChI is InChI=1S/C10H9N3O3/c14-10-9(13(15)16)7-12(10)11-6-8-4-2-1-3-5-8/h1-6,9H,7H2. The first-order chi connectivity index (χ1) is 7.68. The number of benzene rings is 1. The van der Waals surface area contributed by atoms with Gasteiger partial charge < -0.3 is 0 Å². The van der Waals surface area contributed by atoms with E-state index in [0.29, 0.717) is 0 Å². The fraction of sp³-hybridized carbons (Fsp3) is 0.200. The Morgan fingerprint density at radius 2 is 2.12 bits per heavy atom. The molecule has 1 aromatic carbocycles. The first-order valence-electron chi connectivity index (χ1n) is 4.72. The summed E-state index contributed by atoms with van der Waals surface area (Å²) in [5, 5.41) is 15.3. The summed E-state index contributed by atoms with van der Waals surface area (Å²) in [6.07, 6.45) is 1.51. The second-order valence-electron chi connectivity index (χ2n) is 3.38. The lowest BCUT2D eigenvalue weighted by atomic mass is 10.1. The maximum atomic E-state index is 11.2. The van der Waals surface area contributed by atoms with Gasteiger partial charge in [0, 0.05) is 4.92 Å². The smallest absolute Gasteiger partial charge is 0.265 e. The van der Waals surface area contributed by atoms with Gasteiger partial charge in [-0.3, -0.25) is 14.9 Å². The summed E-state index contributed by atoms with van der Waals surface area (Å²) in [7, 11) is 0. The number of amides is 1. The summed E-state index contributed by atoms with van der Waals surface area (Å²) in [6, 6.07) is 8.11. The molecule has 1 heterocycles. The first-order valence-corrected chi connectivity index (χ1v) is 4.72. The molecule has 82 valence electrons. The van der Waals surface area contributed by atoms with Crippen LogP contribution in [0.25, 0.3) is 0 Å². The van der Waals surface area contributed by atoms with Crippen LogP contribution in [0.1, 0.15) is 5.56 Å². The zero-order valence-electron chi connectivity index (χ0n) is 8.31. The third-order valence-corrected chi connectivity index (χ3v) is 2.29. The maximum absolute atomic E-state index is 11.2. The van der Waals surface area contributed by atoms with Crippen molar-refractivity contribution in [3.05, 3.63) is 46.0 Å². The van der Waals surface area contributed by atoms with Crippen molar-refractivity contribution in [1.82, 2.24) is 5.01 Å². The van der Waals surface area contributed by atoms with Gasteiger partial charge in [-0.05, 0) is 5.56 Å². The van der Waals surface area contributed by atoms with Crippen molar-refractivity contribution in [3.8, 4) is 0 Å². The zero-order valence-corrected chi connectivity index (χ0v) is 8.31. The summed E-state index contributed by atoms with van der Waals surface area (Å²) in [5.74, 6) is -0.558. The summed E-state index contributed by atoms with van der Waals surface area (Å²) in [4.78, 5) is 20.9. The number of β-lactam (4-membered cyclic amide) rings is 1. The van der Waals surface area contributed by atoms with Crippen LogP contribution in [0.15, 0.2) is 35.4 Å². The van der Waals surface area contributed by atoms with E-state index in [1.165, 1.54) is 6.21 Å². The maximum Gasteiger partial charge on any atom is 0.319 e. The number of nitrogens with zero attached hydrogens (tertiary/aromatic N) is 3. The lowest BCUT2D eigenvalue weighted by molar-refractivity contribution is -0.519. The first kappa shape index (κ1) is 10.3. The molecule has 1 saturated heterocycles. The minimum atomic E-state index is -1.12. The highest BCUT2D eigenvalue weighted by atomic mass is 16.6. The Kier molecular flexibility index (Phi) is 2.63. The molecule has 6 nitrogen and oxygen atoms in total. The predicted molar refractivity (Wildman–Crippen MR) is 56.5 cm³/mol. The molecule has 0 N–H and O–H groups in total. The zero-order chi connectivity index (χ0) is 11.5. The summed E-state index contributed by atoms with van der Waals surface area (Å²) in [6.45, 7) is 0.0508. The van der Waals surface area contributed by atoms with Gasteiger partial charge in [0.15, 0.2) is 0 Å². The van der Waals surface area contributed by atoms with Crippen molar-refractivity contribution in [3.63, 3.8) is 0 Å². The molecule has 1 aliphatic rings. The van der Waals surface area contributed by atoms with Gasteiger partial charge in [-0.25, -0.2) is 5.01 Å². The van der Waals surface area contributed by atoms with Crippen LogP contribution in [0.5, 0.6) is 0 Å². The quantitative estimate of drug-likeness (QED) is 0.321. The van der Waals surface area contributed by atoms with E-state index in [1.54, 1.807) is 0 Å². The second-order valence-corrected chi connectivity index (χ2v) is 3.38. The van der Waals surface area contributed by atoms with E-state index in [4.69, 9.17) is 0 Å². The molecule has 1 unspecified atom stereocenters. The molecule has 1 aromatic rings. The van der Waals surface area contributed by atoms with Gasteiger partial charge in [0.25, 0.3) is 0 Å². The van der Waals surface area contributed by atoms with E-state index in [0.717, 1.165) is 10.6 Å². The van der Waals surface area contributed by atoms with Crippen LogP contribution in [0.4, 0.5) is 0 Å². The van der Waals surface area contributed by atoms with E-state index in [1.807, 2.05) is 30.3 Å². The van der Waals surface area contributed by atoms with Crippen molar-refractivity contribution in [2.45, 2.75) is 6.04 Å². The number of hydrogen-bond acceptors (Lipinski definition) is 4. The SMILES string of the molecule is O=C1C([N+](=O)[O-])CN1N=Cc1ccccc1. The topological polar surface area (TPSA) is 75.8 Å². The number of hydrazone groups is 1. The van der Waals surface area contributed by atoms with Crippen molar-refractivity contribution >= 4 is 12.1 Å². The number of carbonyl (C=O) groups excluding carboxylic acids is 1. The molecule has 0 aliphatic carbocycles. The molecular weight excluding hydrogens is 210 g/mol. The fourth-order valence-corrected chi connectivity index (χ4v) is 1.33. The van der Waals surface area contributed by atoms with E-state index in [9.17, 15) is 14.9 Å². The monoisotopic (exact) mass is 219 g/mol. The van der Waals surface area contributed by atoms with E-state index in [2.05, 4.69) is 5.10 Å². The fourth-order valence-electron chi connectivity index (χ4n) is 1.33. The Balaban J connectivity index is 1.96. The average Bonchev–Trinajstić information content (AvgIpc) is 2.28. The minimum absolute atomic E-state index is 0.0508. The van der Waals surface area contributed by atoms with Gasteiger partial charge >= 0.3 is 11.9 Å². The molecule has 6 heteroatoms. The van der Waals surface area contributed by atoms with Gasteiger partial charge in [-0.2, -0.15) is 5.10 Å². The van der Waals surface area contributed by atoms with Gasteiger partial charge in [0.2, 0.25) is 0 Å². The molecule has 1 amide bonds. The highest BCUT2D eigenvalue weighted by Gasteiger charge is 2.46. The minimum Gasteiger partial charge on any atom is -0.265 e. The van der Waals surface area contributed by atoms with Crippen molar-refractivity contribution in [2.75, 3.05) is 6.54 Å². The Labute approximate surface area is 91.3 Å². The van der Waals surface area contributed by atoms with Gasteiger partial charge in [0.1, 0.15) is 6.54 Å². The average molecular weight is 219 g/mol. The lowest BCUT2D eigenvalue weighted by Crippen LogP contribution is -2.57. The summed E-state index contributed by atoms with van der Waals surface area (Å²) < 4.78 is 0. The number of nitro groups is 1. The Hall–Kier alpha value is -2.24. The molecule has 1 fully saturated rings. The summed E-state index contributed by atoms with van der Waals surface area (Å²) >= 11 is 0. The molecule has 1 aliphatic heterocycles. The van der Waals surface area contributed by atoms with Crippen LogP contribution in [0, 0.1) is 10.1 Å². The van der Waals surface area contributed by atoms with Crippen molar-refractivity contribution < 1.29 is 9.72 Å². The lowest BCUT2D eigenvalue weighted by Gasteiger charge is -2.27. The second kappa shape index (κ2) is 4.09. The van der Waals surface area contributed by atoms with E-state index >= 15 is 0 Å². The molecule has 2 rings (SSSR count). The molecule has 0 saturated carbocycles. The van der Waals surface area contributed by atoms with Crippen LogP contribution >= 0.6 is 0 Å². The Bertz CT molecular complexity index is 444. The molecule has 0 bridgehead atoms.